The number of hydrogen-bond acceptors (Lipinski definition) is 3. The highest BCUT2D eigenvalue weighted by Gasteiger charge is 2.48. The third-order valence-corrected chi connectivity index (χ3v) is 4.27. The summed E-state index contributed by atoms with van der Waals surface area (Å²) in [6, 6.07) is 7.82. The first kappa shape index (κ1) is 13.0. The Bertz CT molecular complexity index is 548. The van der Waals surface area contributed by atoms with Gasteiger partial charge >= 0.3 is 6.09 Å². The first-order valence-electron chi connectivity index (χ1n) is 7.00. The molecule has 0 atom stereocenters. The quantitative estimate of drug-likeness (QED) is 0.853. The molecule has 1 saturated heterocycles. The van der Waals surface area contributed by atoms with E-state index in [1.165, 1.54) is 0 Å². The predicted octanol–water partition coefficient (Wildman–Crippen LogP) is 2.13. The van der Waals surface area contributed by atoms with E-state index in [0.29, 0.717) is 32.5 Å². The molecule has 2 amide bonds. The maximum atomic E-state index is 12.4. The van der Waals surface area contributed by atoms with Gasteiger partial charge in [-0.25, -0.2) is 4.79 Å². The third kappa shape index (κ3) is 1.85. The van der Waals surface area contributed by atoms with Gasteiger partial charge in [-0.1, -0.05) is 18.2 Å². The molecule has 0 aliphatic carbocycles. The molecule has 0 bridgehead atoms. The van der Waals surface area contributed by atoms with E-state index in [-0.39, 0.29) is 12.0 Å². The maximum Gasteiger partial charge on any atom is 0.409 e. The van der Waals surface area contributed by atoms with Gasteiger partial charge in [-0.2, -0.15) is 0 Å². The zero-order chi connectivity index (χ0) is 14.2. The topological polar surface area (TPSA) is 58.6 Å². The van der Waals surface area contributed by atoms with E-state index in [9.17, 15) is 9.59 Å². The molecule has 0 radical (unpaired) electrons. The lowest BCUT2D eigenvalue weighted by Crippen LogP contribution is -2.48. The van der Waals surface area contributed by atoms with Crippen LogP contribution in [-0.2, 0) is 14.9 Å². The molecule has 2 heterocycles. The molecule has 3 rings (SSSR count). The zero-order valence-electron chi connectivity index (χ0n) is 11.5. The number of nitrogens with one attached hydrogen (secondary N) is 1. The number of carbonyl (C=O) groups is 2. The van der Waals surface area contributed by atoms with E-state index < -0.39 is 5.41 Å². The number of rotatable bonds is 1. The fraction of sp³-hybridized carbons (Fsp3) is 0.467. The second-order valence-electron chi connectivity index (χ2n) is 5.27. The molecule has 5 nitrogen and oxygen atoms in total. The molecular weight excluding hydrogens is 256 g/mol. The van der Waals surface area contributed by atoms with E-state index >= 15 is 0 Å². The van der Waals surface area contributed by atoms with Crippen LogP contribution in [0.3, 0.4) is 0 Å². The summed E-state index contributed by atoms with van der Waals surface area (Å²) in [5.74, 6) is 0.0576. The number of amides is 2. The number of hydrogen-bond donors (Lipinski definition) is 1. The molecule has 20 heavy (non-hydrogen) atoms. The minimum absolute atomic E-state index is 0.0576. The highest BCUT2D eigenvalue weighted by Crippen LogP contribution is 2.44. The summed E-state index contributed by atoms with van der Waals surface area (Å²) in [4.78, 5) is 25.8. The van der Waals surface area contributed by atoms with Gasteiger partial charge < -0.3 is 15.0 Å². The summed E-state index contributed by atoms with van der Waals surface area (Å²) in [6.45, 7) is 3.29. The highest BCUT2D eigenvalue weighted by molar-refractivity contribution is 6.06. The first-order chi connectivity index (χ1) is 9.67. The van der Waals surface area contributed by atoms with E-state index in [1.54, 1.807) is 11.8 Å². The molecule has 106 valence electrons. The molecular formula is C15H18N2O3. The Hall–Kier alpha value is -2.04. The summed E-state index contributed by atoms with van der Waals surface area (Å²) in [5.41, 5.74) is 1.50. The van der Waals surface area contributed by atoms with Crippen LogP contribution >= 0.6 is 0 Å². The standard InChI is InChI=1S/C15H18N2O3/c1-2-20-14(19)17-9-7-15(8-10-17)11-5-3-4-6-12(11)16-13(15)18/h3-6H,2,7-10H2,1H3,(H,16,18). The van der Waals surface area contributed by atoms with Gasteiger partial charge in [0.1, 0.15) is 0 Å². The van der Waals surface area contributed by atoms with Crippen molar-refractivity contribution in [2.24, 2.45) is 0 Å². The largest absolute Gasteiger partial charge is 0.450 e. The molecule has 2 aliphatic heterocycles. The number of ether oxygens (including phenoxy) is 1. The SMILES string of the molecule is CCOC(=O)N1CCC2(CC1)C(=O)Nc1ccccc12. The number of anilines is 1. The Morgan fingerprint density at radius 1 is 1.35 bits per heavy atom. The predicted molar refractivity (Wildman–Crippen MR) is 74.6 cm³/mol. The van der Waals surface area contributed by atoms with E-state index in [4.69, 9.17) is 4.74 Å². The molecule has 2 aliphatic rings. The van der Waals surface area contributed by atoms with Gasteiger partial charge in [0.25, 0.3) is 0 Å². The van der Waals surface area contributed by atoms with Crippen molar-refractivity contribution in [2.45, 2.75) is 25.2 Å². The summed E-state index contributed by atoms with van der Waals surface area (Å²) < 4.78 is 5.02. The number of piperidine rings is 1. The average Bonchev–Trinajstić information content (AvgIpc) is 2.73. The number of benzene rings is 1. The average molecular weight is 274 g/mol. The van der Waals surface area contributed by atoms with Crippen molar-refractivity contribution in [3.8, 4) is 0 Å². The van der Waals surface area contributed by atoms with Crippen LogP contribution in [0.5, 0.6) is 0 Å². The molecule has 0 saturated carbocycles. The van der Waals surface area contributed by atoms with Crippen LogP contribution in [0.15, 0.2) is 24.3 Å². The molecule has 1 aromatic carbocycles. The second-order valence-corrected chi connectivity index (χ2v) is 5.27. The van der Waals surface area contributed by atoms with Crippen molar-refractivity contribution in [3.05, 3.63) is 29.8 Å². The van der Waals surface area contributed by atoms with Crippen LogP contribution in [-0.4, -0.2) is 36.6 Å². The molecule has 1 fully saturated rings. The van der Waals surface area contributed by atoms with E-state index in [2.05, 4.69) is 5.32 Å². The summed E-state index contributed by atoms with van der Waals surface area (Å²) in [5, 5.41) is 2.95. The Morgan fingerprint density at radius 2 is 2.05 bits per heavy atom. The van der Waals surface area contributed by atoms with Crippen molar-refractivity contribution in [1.82, 2.24) is 4.90 Å². The molecule has 1 N–H and O–H groups in total. The van der Waals surface area contributed by atoms with Crippen LogP contribution in [0.4, 0.5) is 10.5 Å². The van der Waals surface area contributed by atoms with Crippen molar-refractivity contribution >= 4 is 17.7 Å². The maximum absolute atomic E-state index is 12.4. The number of para-hydroxylation sites is 1. The molecule has 0 unspecified atom stereocenters. The summed E-state index contributed by atoms with van der Waals surface area (Å²) >= 11 is 0. The van der Waals surface area contributed by atoms with Gasteiger partial charge in [-0.15, -0.1) is 0 Å². The smallest absolute Gasteiger partial charge is 0.409 e. The third-order valence-electron chi connectivity index (χ3n) is 4.27. The van der Waals surface area contributed by atoms with Crippen LogP contribution in [0.1, 0.15) is 25.3 Å². The number of nitrogens with zero attached hydrogens (tertiary/aromatic N) is 1. The fourth-order valence-electron chi connectivity index (χ4n) is 3.16. The Morgan fingerprint density at radius 3 is 2.75 bits per heavy atom. The van der Waals surface area contributed by atoms with Gasteiger partial charge in [0.15, 0.2) is 0 Å². The first-order valence-corrected chi connectivity index (χ1v) is 7.00. The van der Waals surface area contributed by atoms with Gasteiger partial charge in [0.2, 0.25) is 5.91 Å². The van der Waals surface area contributed by atoms with Crippen LogP contribution < -0.4 is 5.32 Å². The Labute approximate surface area is 117 Å². The fourth-order valence-corrected chi connectivity index (χ4v) is 3.16. The Kier molecular flexibility index (Phi) is 3.12. The summed E-state index contributed by atoms with van der Waals surface area (Å²) in [7, 11) is 0. The lowest BCUT2D eigenvalue weighted by atomic mass is 9.74. The summed E-state index contributed by atoms with van der Waals surface area (Å²) in [6.07, 6.45) is 1.01. The van der Waals surface area contributed by atoms with Crippen molar-refractivity contribution < 1.29 is 14.3 Å². The van der Waals surface area contributed by atoms with Crippen molar-refractivity contribution in [1.29, 1.82) is 0 Å². The van der Waals surface area contributed by atoms with Crippen molar-refractivity contribution in [3.63, 3.8) is 0 Å². The van der Waals surface area contributed by atoms with Crippen LogP contribution in [0, 0.1) is 0 Å². The zero-order valence-corrected chi connectivity index (χ0v) is 11.5. The minimum Gasteiger partial charge on any atom is -0.450 e. The molecule has 1 spiro atoms. The van der Waals surface area contributed by atoms with E-state index in [1.807, 2.05) is 24.3 Å². The lowest BCUT2D eigenvalue weighted by Gasteiger charge is -2.37. The second kappa shape index (κ2) is 4.81. The number of likely N-dealkylation sites (tertiary alicyclic amines) is 1. The Balaban J connectivity index is 1.80. The normalized spacial score (nSPS) is 19.6. The van der Waals surface area contributed by atoms with Gasteiger partial charge in [0, 0.05) is 18.8 Å². The monoisotopic (exact) mass is 274 g/mol. The van der Waals surface area contributed by atoms with Gasteiger partial charge in [-0.3, -0.25) is 4.79 Å². The number of carbonyl (C=O) groups excluding carboxylic acids is 2. The molecule has 1 aromatic rings. The van der Waals surface area contributed by atoms with Gasteiger partial charge in [0.05, 0.1) is 12.0 Å². The lowest BCUT2D eigenvalue weighted by molar-refractivity contribution is -0.122. The number of fused-ring (bicyclic) bond motifs is 2. The molecule has 0 aromatic heterocycles. The van der Waals surface area contributed by atoms with Crippen LogP contribution in [0.2, 0.25) is 0 Å². The minimum atomic E-state index is -0.473. The van der Waals surface area contributed by atoms with Gasteiger partial charge in [-0.05, 0) is 31.4 Å². The van der Waals surface area contributed by atoms with Crippen LogP contribution in [0.25, 0.3) is 0 Å². The highest BCUT2D eigenvalue weighted by atomic mass is 16.6. The molecule has 5 heteroatoms. The van der Waals surface area contributed by atoms with Crippen molar-refractivity contribution in [2.75, 3.05) is 25.0 Å². The van der Waals surface area contributed by atoms with E-state index in [0.717, 1.165) is 11.3 Å².